The van der Waals surface area contributed by atoms with Crippen molar-refractivity contribution in [3.63, 3.8) is 0 Å². The van der Waals surface area contributed by atoms with Crippen molar-refractivity contribution < 1.29 is 13.5 Å². The lowest BCUT2D eigenvalue weighted by Crippen LogP contribution is -2.37. The van der Waals surface area contributed by atoms with Crippen LogP contribution in [0.25, 0.3) is 0 Å². The summed E-state index contributed by atoms with van der Waals surface area (Å²) in [4.78, 5) is 0.303. The summed E-state index contributed by atoms with van der Waals surface area (Å²) >= 11 is 0. The smallest absolute Gasteiger partial charge is 0.243 e. The number of hydrogen-bond donors (Lipinski definition) is 2. The number of sulfonamides is 1. The van der Waals surface area contributed by atoms with E-state index in [0.717, 1.165) is 18.4 Å². The van der Waals surface area contributed by atoms with Gasteiger partial charge in [0.1, 0.15) is 0 Å². The van der Waals surface area contributed by atoms with E-state index in [2.05, 4.69) is 5.32 Å². The Kier molecular flexibility index (Phi) is 4.80. The summed E-state index contributed by atoms with van der Waals surface area (Å²) in [7, 11) is -1.68. The standard InChI is InChI=1S/C14H22N2O3S/c1-11(15-2)12-5-3-7-14(9-12)20(18,19)16-8-4-6-13(16)10-17/h3,5,7,9,11,13,15,17H,4,6,8,10H2,1-2H3. The van der Waals surface area contributed by atoms with Gasteiger partial charge in [-0.3, -0.25) is 0 Å². The molecule has 0 amide bonds. The van der Waals surface area contributed by atoms with Gasteiger partial charge in [0.25, 0.3) is 0 Å². The molecule has 112 valence electrons. The first-order valence-electron chi connectivity index (χ1n) is 6.90. The van der Waals surface area contributed by atoms with E-state index in [1.807, 2.05) is 20.0 Å². The molecule has 2 N–H and O–H groups in total. The lowest BCUT2D eigenvalue weighted by Gasteiger charge is -2.23. The molecule has 0 saturated carbocycles. The summed E-state index contributed by atoms with van der Waals surface area (Å²) in [5.74, 6) is 0. The molecule has 1 fully saturated rings. The van der Waals surface area contributed by atoms with Crippen LogP contribution in [0.3, 0.4) is 0 Å². The van der Waals surface area contributed by atoms with Gasteiger partial charge in [0.2, 0.25) is 10.0 Å². The van der Waals surface area contributed by atoms with Crippen LogP contribution in [0.2, 0.25) is 0 Å². The fraction of sp³-hybridized carbons (Fsp3) is 0.571. The second kappa shape index (κ2) is 6.22. The highest BCUT2D eigenvalue weighted by Gasteiger charge is 2.34. The topological polar surface area (TPSA) is 69.6 Å². The fourth-order valence-electron chi connectivity index (χ4n) is 2.55. The number of aliphatic hydroxyl groups is 1. The zero-order valence-electron chi connectivity index (χ0n) is 11.9. The second-order valence-electron chi connectivity index (χ2n) is 5.18. The van der Waals surface area contributed by atoms with Crippen molar-refractivity contribution in [1.82, 2.24) is 9.62 Å². The van der Waals surface area contributed by atoms with Gasteiger partial charge in [0, 0.05) is 18.6 Å². The first-order valence-corrected chi connectivity index (χ1v) is 8.34. The third kappa shape index (κ3) is 2.88. The van der Waals surface area contributed by atoms with E-state index in [0.29, 0.717) is 11.4 Å². The minimum Gasteiger partial charge on any atom is -0.395 e. The summed E-state index contributed by atoms with van der Waals surface area (Å²) in [6.45, 7) is 2.35. The quantitative estimate of drug-likeness (QED) is 0.854. The van der Waals surface area contributed by atoms with E-state index in [4.69, 9.17) is 0 Å². The Morgan fingerprint density at radius 1 is 1.50 bits per heavy atom. The van der Waals surface area contributed by atoms with Gasteiger partial charge in [-0.1, -0.05) is 12.1 Å². The molecule has 0 aliphatic carbocycles. The minimum absolute atomic E-state index is 0.0948. The summed E-state index contributed by atoms with van der Waals surface area (Å²) in [6, 6.07) is 6.81. The molecule has 2 atom stereocenters. The molecule has 5 nitrogen and oxygen atoms in total. The van der Waals surface area contributed by atoms with Crippen molar-refractivity contribution in [3.05, 3.63) is 29.8 Å². The third-order valence-electron chi connectivity index (χ3n) is 3.93. The molecule has 0 aromatic heterocycles. The van der Waals surface area contributed by atoms with E-state index in [1.165, 1.54) is 4.31 Å². The molecular formula is C14H22N2O3S. The van der Waals surface area contributed by atoms with Crippen LogP contribution >= 0.6 is 0 Å². The number of rotatable bonds is 5. The Balaban J connectivity index is 2.34. The zero-order chi connectivity index (χ0) is 14.8. The third-order valence-corrected chi connectivity index (χ3v) is 5.88. The average Bonchev–Trinajstić information content (AvgIpc) is 2.95. The highest BCUT2D eigenvalue weighted by atomic mass is 32.2. The van der Waals surface area contributed by atoms with E-state index in [-0.39, 0.29) is 18.7 Å². The van der Waals surface area contributed by atoms with Gasteiger partial charge in [-0.05, 0) is 44.5 Å². The van der Waals surface area contributed by atoms with Crippen LogP contribution in [-0.2, 0) is 10.0 Å². The molecule has 1 saturated heterocycles. The zero-order valence-corrected chi connectivity index (χ0v) is 12.7. The Morgan fingerprint density at radius 2 is 2.25 bits per heavy atom. The van der Waals surface area contributed by atoms with Crippen molar-refractivity contribution in [2.45, 2.75) is 36.7 Å². The molecule has 1 aromatic rings. The van der Waals surface area contributed by atoms with Crippen LogP contribution in [0.15, 0.2) is 29.2 Å². The lowest BCUT2D eigenvalue weighted by molar-refractivity contribution is 0.213. The predicted octanol–water partition coefficient (Wildman–Crippen LogP) is 1.11. The lowest BCUT2D eigenvalue weighted by atomic mass is 10.1. The van der Waals surface area contributed by atoms with E-state index in [1.54, 1.807) is 18.2 Å². The van der Waals surface area contributed by atoms with Crippen molar-refractivity contribution in [2.75, 3.05) is 20.2 Å². The molecule has 1 aliphatic heterocycles. The van der Waals surface area contributed by atoms with Gasteiger partial charge in [-0.2, -0.15) is 4.31 Å². The predicted molar refractivity (Wildman–Crippen MR) is 77.9 cm³/mol. The van der Waals surface area contributed by atoms with E-state index in [9.17, 15) is 13.5 Å². The van der Waals surface area contributed by atoms with Crippen LogP contribution in [0.4, 0.5) is 0 Å². The van der Waals surface area contributed by atoms with Gasteiger partial charge >= 0.3 is 0 Å². The number of benzene rings is 1. The first kappa shape index (κ1) is 15.4. The van der Waals surface area contributed by atoms with Crippen LogP contribution in [0, 0.1) is 0 Å². The van der Waals surface area contributed by atoms with Gasteiger partial charge in [0.15, 0.2) is 0 Å². The normalized spacial score (nSPS) is 22.1. The number of hydrogen-bond acceptors (Lipinski definition) is 4. The summed E-state index contributed by atoms with van der Waals surface area (Å²) in [5.41, 5.74) is 0.938. The summed E-state index contributed by atoms with van der Waals surface area (Å²) in [6.07, 6.45) is 1.53. The van der Waals surface area contributed by atoms with Crippen LogP contribution in [0.1, 0.15) is 31.4 Å². The maximum absolute atomic E-state index is 12.7. The molecule has 2 unspecified atom stereocenters. The Hall–Kier alpha value is -0.950. The Labute approximate surface area is 120 Å². The Morgan fingerprint density at radius 3 is 2.90 bits per heavy atom. The molecule has 20 heavy (non-hydrogen) atoms. The molecule has 0 radical (unpaired) electrons. The summed E-state index contributed by atoms with van der Waals surface area (Å²) < 4.78 is 26.7. The van der Waals surface area contributed by atoms with Crippen molar-refractivity contribution in [3.8, 4) is 0 Å². The highest BCUT2D eigenvalue weighted by molar-refractivity contribution is 7.89. The number of nitrogens with one attached hydrogen (secondary N) is 1. The van der Waals surface area contributed by atoms with Crippen molar-refractivity contribution in [2.24, 2.45) is 0 Å². The average molecular weight is 298 g/mol. The first-order chi connectivity index (χ1) is 9.50. The number of aliphatic hydroxyl groups excluding tert-OH is 1. The van der Waals surface area contributed by atoms with Gasteiger partial charge in [0.05, 0.1) is 11.5 Å². The highest BCUT2D eigenvalue weighted by Crippen LogP contribution is 2.27. The van der Waals surface area contributed by atoms with Crippen LogP contribution in [-0.4, -0.2) is 44.1 Å². The minimum atomic E-state index is -3.52. The maximum Gasteiger partial charge on any atom is 0.243 e. The van der Waals surface area contributed by atoms with Crippen LogP contribution < -0.4 is 5.32 Å². The van der Waals surface area contributed by atoms with Crippen molar-refractivity contribution >= 4 is 10.0 Å². The van der Waals surface area contributed by atoms with E-state index < -0.39 is 10.0 Å². The van der Waals surface area contributed by atoms with Crippen LogP contribution in [0.5, 0.6) is 0 Å². The van der Waals surface area contributed by atoms with Gasteiger partial charge < -0.3 is 10.4 Å². The molecule has 2 rings (SSSR count). The Bertz CT molecular complexity index is 559. The van der Waals surface area contributed by atoms with E-state index >= 15 is 0 Å². The van der Waals surface area contributed by atoms with Gasteiger partial charge in [-0.15, -0.1) is 0 Å². The molecule has 6 heteroatoms. The second-order valence-corrected chi connectivity index (χ2v) is 7.07. The van der Waals surface area contributed by atoms with Crippen molar-refractivity contribution in [1.29, 1.82) is 0 Å². The molecule has 0 bridgehead atoms. The SMILES string of the molecule is CNC(C)c1cccc(S(=O)(=O)N2CCCC2CO)c1. The molecule has 1 aromatic carbocycles. The van der Waals surface area contributed by atoms with Gasteiger partial charge in [-0.25, -0.2) is 8.42 Å². The number of nitrogens with zero attached hydrogens (tertiary/aromatic N) is 1. The summed E-state index contributed by atoms with van der Waals surface area (Å²) in [5, 5.41) is 12.4. The molecular weight excluding hydrogens is 276 g/mol. The molecule has 0 spiro atoms. The molecule has 1 heterocycles. The fourth-order valence-corrected chi connectivity index (χ4v) is 4.29. The molecule has 1 aliphatic rings. The monoisotopic (exact) mass is 298 g/mol. The maximum atomic E-state index is 12.7. The largest absolute Gasteiger partial charge is 0.395 e.